The molecule has 1 aromatic heterocycles. The van der Waals surface area contributed by atoms with Gasteiger partial charge in [0.15, 0.2) is 0 Å². The smallest absolute Gasteiger partial charge is 0.202 e. The molecule has 1 aliphatic rings. The van der Waals surface area contributed by atoms with Gasteiger partial charge in [-0.15, -0.1) is 0 Å². The highest BCUT2D eigenvalue weighted by atomic mass is 16.5. The molecule has 0 radical (unpaired) electrons. The summed E-state index contributed by atoms with van der Waals surface area (Å²) in [4.78, 5) is 4.27. The van der Waals surface area contributed by atoms with Crippen LogP contribution in [0.3, 0.4) is 0 Å². The van der Waals surface area contributed by atoms with Gasteiger partial charge in [0.1, 0.15) is 0 Å². The lowest BCUT2D eigenvalue weighted by Gasteiger charge is -2.23. The average Bonchev–Trinajstić information content (AvgIpc) is 2.68. The topological polar surface area (TPSA) is 39.1 Å². The fraction of sp³-hybridized carbons (Fsp3) is 0.727. The van der Waals surface area contributed by atoms with Crippen molar-refractivity contribution in [2.45, 2.75) is 38.8 Å². The molecule has 0 saturated carbocycles. The Balaban J connectivity index is 1.93. The zero-order chi connectivity index (χ0) is 10.5. The molecule has 84 valence electrons. The van der Waals surface area contributed by atoms with E-state index < -0.39 is 0 Å². The molecule has 2 rings (SSSR count). The number of imidazole rings is 1. The van der Waals surface area contributed by atoms with Crippen LogP contribution in [0.1, 0.15) is 26.2 Å². The third-order valence-electron chi connectivity index (χ3n) is 2.72. The molecule has 4 nitrogen and oxygen atoms in total. The Kier molecular flexibility index (Phi) is 3.61. The minimum atomic E-state index is 0.366. The maximum atomic E-state index is 5.71. The van der Waals surface area contributed by atoms with Gasteiger partial charge in [-0.1, -0.05) is 0 Å². The molecule has 1 saturated heterocycles. The largest absolute Gasteiger partial charge is 0.376 e. The van der Waals surface area contributed by atoms with Crippen LogP contribution in [0.5, 0.6) is 0 Å². The van der Waals surface area contributed by atoms with E-state index in [0.29, 0.717) is 6.10 Å². The standard InChI is InChI=1S/C11H19N3O/c1-2-12-11-13-6-7-14(11)9-10-5-3-4-8-15-10/h6-7,10H,2-5,8-9H2,1H3,(H,12,13). The number of hydrogen-bond donors (Lipinski definition) is 1. The van der Waals surface area contributed by atoms with Gasteiger partial charge in [-0.25, -0.2) is 4.98 Å². The lowest BCUT2D eigenvalue weighted by molar-refractivity contribution is 0.00630. The van der Waals surface area contributed by atoms with Gasteiger partial charge in [0.25, 0.3) is 0 Å². The Labute approximate surface area is 90.6 Å². The van der Waals surface area contributed by atoms with Crippen LogP contribution in [0.25, 0.3) is 0 Å². The predicted octanol–water partition coefficient (Wildman–Crippen LogP) is 1.88. The minimum absolute atomic E-state index is 0.366. The number of nitrogens with zero attached hydrogens (tertiary/aromatic N) is 2. The van der Waals surface area contributed by atoms with Gasteiger partial charge in [0.05, 0.1) is 12.6 Å². The zero-order valence-electron chi connectivity index (χ0n) is 9.28. The summed E-state index contributed by atoms with van der Waals surface area (Å²) in [6.07, 6.45) is 7.88. The van der Waals surface area contributed by atoms with Gasteiger partial charge in [-0.2, -0.15) is 0 Å². The van der Waals surface area contributed by atoms with Crippen LogP contribution in [0, 0.1) is 0 Å². The molecule has 4 heteroatoms. The summed E-state index contributed by atoms with van der Waals surface area (Å²) in [5.74, 6) is 0.951. The highest BCUT2D eigenvalue weighted by molar-refractivity contribution is 5.25. The summed E-state index contributed by atoms with van der Waals surface area (Å²) in [6, 6.07) is 0. The number of anilines is 1. The second-order valence-corrected chi connectivity index (χ2v) is 3.92. The van der Waals surface area contributed by atoms with Crippen molar-refractivity contribution in [3.8, 4) is 0 Å². The average molecular weight is 209 g/mol. The summed E-state index contributed by atoms with van der Waals surface area (Å²) >= 11 is 0. The lowest BCUT2D eigenvalue weighted by atomic mass is 10.1. The predicted molar refractivity (Wildman–Crippen MR) is 60.0 cm³/mol. The Morgan fingerprint density at radius 1 is 1.60 bits per heavy atom. The quantitative estimate of drug-likeness (QED) is 0.823. The number of rotatable bonds is 4. The van der Waals surface area contributed by atoms with Crippen molar-refractivity contribution in [3.05, 3.63) is 12.4 Å². The van der Waals surface area contributed by atoms with E-state index in [9.17, 15) is 0 Å². The van der Waals surface area contributed by atoms with Gasteiger partial charge in [0.2, 0.25) is 5.95 Å². The van der Waals surface area contributed by atoms with Crippen LogP contribution in [0.15, 0.2) is 12.4 Å². The molecule has 1 atom stereocenters. The first-order valence-corrected chi connectivity index (χ1v) is 5.76. The molecule has 1 fully saturated rings. The second kappa shape index (κ2) is 5.16. The minimum Gasteiger partial charge on any atom is -0.376 e. The van der Waals surface area contributed by atoms with Crippen molar-refractivity contribution in [2.24, 2.45) is 0 Å². The number of ether oxygens (including phenoxy) is 1. The first kappa shape index (κ1) is 10.5. The number of aromatic nitrogens is 2. The lowest BCUT2D eigenvalue weighted by Crippen LogP contribution is -2.25. The number of nitrogens with one attached hydrogen (secondary N) is 1. The Bertz CT molecular complexity index is 292. The highest BCUT2D eigenvalue weighted by Crippen LogP contribution is 2.16. The van der Waals surface area contributed by atoms with E-state index in [1.165, 1.54) is 19.3 Å². The molecule has 1 N–H and O–H groups in total. The van der Waals surface area contributed by atoms with Crippen molar-refractivity contribution in [1.82, 2.24) is 9.55 Å². The first-order valence-electron chi connectivity index (χ1n) is 5.76. The molecule has 0 aliphatic carbocycles. The van der Waals surface area contributed by atoms with Gasteiger partial charge in [-0.05, 0) is 26.2 Å². The SMILES string of the molecule is CCNc1nccn1CC1CCCCO1. The maximum absolute atomic E-state index is 5.71. The number of hydrogen-bond acceptors (Lipinski definition) is 3. The van der Waals surface area contributed by atoms with E-state index in [-0.39, 0.29) is 0 Å². The fourth-order valence-corrected chi connectivity index (χ4v) is 1.95. The van der Waals surface area contributed by atoms with Crippen molar-refractivity contribution in [3.63, 3.8) is 0 Å². The molecular weight excluding hydrogens is 190 g/mol. The molecule has 0 spiro atoms. The summed E-state index contributed by atoms with van der Waals surface area (Å²) in [5, 5.41) is 3.24. The van der Waals surface area contributed by atoms with E-state index in [1.807, 2.05) is 12.4 Å². The van der Waals surface area contributed by atoms with Gasteiger partial charge >= 0.3 is 0 Å². The van der Waals surface area contributed by atoms with Crippen molar-refractivity contribution < 1.29 is 4.74 Å². The van der Waals surface area contributed by atoms with Crippen LogP contribution in [-0.4, -0.2) is 28.8 Å². The third kappa shape index (κ3) is 2.72. The van der Waals surface area contributed by atoms with Crippen LogP contribution in [0.4, 0.5) is 5.95 Å². The van der Waals surface area contributed by atoms with Crippen molar-refractivity contribution in [2.75, 3.05) is 18.5 Å². The normalized spacial score (nSPS) is 21.5. The molecule has 1 aromatic rings. The van der Waals surface area contributed by atoms with Gasteiger partial charge < -0.3 is 14.6 Å². The Morgan fingerprint density at radius 3 is 3.27 bits per heavy atom. The zero-order valence-corrected chi connectivity index (χ0v) is 9.28. The van der Waals surface area contributed by atoms with E-state index in [1.54, 1.807) is 0 Å². The van der Waals surface area contributed by atoms with Gasteiger partial charge in [-0.3, -0.25) is 0 Å². The molecule has 0 aromatic carbocycles. The van der Waals surface area contributed by atoms with E-state index in [0.717, 1.165) is 25.6 Å². The Hall–Kier alpha value is -1.03. The monoisotopic (exact) mass is 209 g/mol. The fourth-order valence-electron chi connectivity index (χ4n) is 1.95. The molecule has 0 bridgehead atoms. The molecule has 1 unspecified atom stereocenters. The second-order valence-electron chi connectivity index (χ2n) is 3.92. The van der Waals surface area contributed by atoms with Crippen LogP contribution in [-0.2, 0) is 11.3 Å². The summed E-state index contributed by atoms with van der Waals surface area (Å²) < 4.78 is 7.85. The van der Waals surface area contributed by atoms with Crippen LogP contribution in [0.2, 0.25) is 0 Å². The molecular formula is C11H19N3O. The molecule has 1 aliphatic heterocycles. The summed E-state index contributed by atoms with van der Waals surface area (Å²) in [7, 11) is 0. The first-order chi connectivity index (χ1) is 7.40. The highest BCUT2D eigenvalue weighted by Gasteiger charge is 2.15. The summed E-state index contributed by atoms with van der Waals surface area (Å²) in [5.41, 5.74) is 0. The van der Waals surface area contributed by atoms with Gasteiger partial charge in [0, 0.05) is 25.5 Å². The van der Waals surface area contributed by atoms with Crippen molar-refractivity contribution in [1.29, 1.82) is 0 Å². The van der Waals surface area contributed by atoms with Crippen molar-refractivity contribution >= 4 is 5.95 Å². The molecule has 2 heterocycles. The van der Waals surface area contributed by atoms with Crippen LogP contribution < -0.4 is 5.32 Å². The van der Waals surface area contributed by atoms with E-state index in [4.69, 9.17) is 4.74 Å². The van der Waals surface area contributed by atoms with Crippen LogP contribution >= 0.6 is 0 Å². The third-order valence-corrected chi connectivity index (χ3v) is 2.72. The molecule has 0 amide bonds. The Morgan fingerprint density at radius 2 is 2.53 bits per heavy atom. The van der Waals surface area contributed by atoms with E-state index in [2.05, 4.69) is 21.8 Å². The summed E-state index contributed by atoms with van der Waals surface area (Å²) in [6.45, 7) is 4.82. The maximum Gasteiger partial charge on any atom is 0.202 e. The van der Waals surface area contributed by atoms with E-state index >= 15 is 0 Å². The molecule has 15 heavy (non-hydrogen) atoms.